The second kappa shape index (κ2) is 10.3. The number of hydrogen-bond acceptors (Lipinski definition) is 6. The first-order valence-electron chi connectivity index (χ1n) is 9.85. The lowest BCUT2D eigenvalue weighted by Gasteiger charge is -2.12. The van der Waals surface area contributed by atoms with Gasteiger partial charge in [-0.25, -0.2) is 0 Å². The van der Waals surface area contributed by atoms with Gasteiger partial charge < -0.3 is 9.47 Å². The first kappa shape index (κ1) is 21.2. The van der Waals surface area contributed by atoms with Crippen LogP contribution in [0.5, 0.6) is 11.5 Å². The van der Waals surface area contributed by atoms with Crippen molar-refractivity contribution in [3.8, 4) is 28.6 Å². The van der Waals surface area contributed by atoms with E-state index >= 15 is 0 Å². The number of aromatic nitrogens is 4. The largest absolute Gasteiger partial charge is 0.494 e. The van der Waals surface area contributed by atoms with Gasteiger partial charge in [0, 0.05) is 29.4 Å². The molecule has 0 fully saturated rings. The van der Waals surface area contributed by atoms with Crippen molar-refractivity contribution in [2.24, 2.45) is 0 Å². The molecule has 6 nitrogen and oxygen atoms in total. The fraction of sp³-hybridized carbons (Fsp3) is 0.174. The van der Waals surface area contributed by atoms with Crippen LogP contribution in [0.4, 0.5) is 0 Å². The number of thioether (sulfide) groups is 1. The van der Waals surface area contributed by atoms with Gasteiger partial charge in [0.15, 0.2) is 11.0 Å². The molecule has 0 unspecified atom stereocenters. The lowest BCUT2D eigenvalue weighted by molar-refractivity contribution is 0.340. The minimum absolute atomic E-state index is 0.495. The Kier molecular flexibility index (Phi) is 7.07. The molecule has 0 aliphatic carbocycles. The lowest BCUT2D eigenvalue weighted by Crippen LogP contribution is -2.04. The Balaban J connectivity index is 1.55. The van der Waals surface area contributed by atoms with Gasteiger partial charge in [-0.15, -0.1) is 10.2 Å². The molecule has 4 rings (SSSR count). The van der Waals surface area contributed by atoms with Crippen LogP contribution in [0.15, 0.2) is 78.2 Å². The average Bonchev–Trinajstić information content (AvgIpc) is 3.23. The Morgan fingerprint density at radius 1 is 0.935 bits per heavy atom. The summed E-state index contributed by atoms with van der Waals surface area (Å²) in [5, 5.41) is 10.3. The molecule has 4 aromatic rings. The van der Waals surface area contributed by atoms with Crippen molar-refractivity contribution >= 4 is 23.4 Å². The van der Waals surface area contributed by atoms with Crippen molar-refractivity contribution in [3.05, 3.63) is 78.1 Å². The molecular weight excluding hydrogens is 432 g/mol. The second-order valence-corrected chi connectivity index (χ2v) is 7.90. The van der Waals surface area contributed by atoms with Crippen LogP contribution < -0.4 is 9.47 Å². The Labute approximate surface area is 190 Å². The molecule has 0 radical (unpaired) electrons. The van der Waals surface area contributed by atoms with E-state index in [2.05, 4.69) is 15.2 Å². The van der Waals surface area contributed by atoms with Crippen LogP contribution in [0, 0.1) is 0 Å². The summed E-state index contributed by atoms with van der Waals surface area (Å²) in [6.45, 7) is 3.09. The molecule has 2 aromatic heterocycles. The second-order valence-electron chi connectivity index (χ2n) is 6.43. The molecule has 158 valence electrons. The van der Waals surface area contributed by atoms with E-state index in [1.54, 1.807) is 24.2 Å². The molecule has 2 heterocycles. The SMILES string of the molecule is CCOc1ccc(-n2c(SCCOc3ccccc3Cl)nnc2-c2ccncc2)cc1. The Morgan fingerprint density at radius 2 is 1.71 bits per heavy atom. The highest BCUT2D eigenvalue weighted by atomic mass is 35.5. The highest BCUT2D eigenvalue weighted by molar-refractivity contribution is 7.99. The number of rotatable bonds is 9. The normalized spacial score (nSPS) is 10.8. The Hall–Kier alpha value is -3.03. The highest BCUT2D eigenvalue weighted by Gasteiger charge is 2.16. The van der Waals surface area contributed by atoms with Crippen molar-refractivity contribution in [1.29, 1.82) is 0 Å². The van der Waals surface area contributed by atoms with Crippen LogP contribution in [0.2, 0.25) is 5.02 Å². The number of halogens is 1. The summed E-state index contributed by atoms with van der Waals surface area (Å²) in [4.78, 5) is 4.10. The summed E-state index contributed by atoms with van der Waals surface area (Å²) in [6, 6.07) is 19.2. The number of ether oxygens (including phenoxy) is 2. The van der Waals surface area contributed by atoms with E-state index in [4.69, 9.17) is 21.1 Å². The fourth-order valence-electron chi connectivity index (χ4n) is 2.99. The van der Waals surface area contributed by atoms with Gasteiger partial charge in [0.05, 0.1) is 18.2 Å². The van der Waals surface area contributed by atoms with Crippen molar-refractivity contribution in [2.75, 3.05) is 19.0 Å². The predicted octanol–water partition coefficient (Wildman–Crippen LogP) is 5.55. The Morgan fingerprint density at radius 3 is 2.45 bits per heavy atom. The van der Waals surface area contributed by atoms with Crippen molar-refractivity contribution in [2.45, 2.75) is 12.1 Å². The van der Waals surface area contributed by atoms with Crippen LogP contribution >= 0.6 is 23.4 Å². The molecule has 2 aromatic carbocycles. The zero-order chi connectivity index (χ0) is 21.5. The molecule has 0 saturated heterocycles. The zero-order valence-electron chi connectivity index (χ0n) is 16.9. The maximum atomic E-state index is 6.16. The lowest BCUT2D eigenvalue weighted by atomic mass is 10.2. The molecule has 0 N–H and O–H groups in total. The van der Waals surface area contributed by atoms with E-state index in [0.29, 0.717) is 29.7 Å². The van der Waals surface area contributed by atoms with E-state index in [1.165, 1.54) is 0 Å². The maximum Gasteiger partial charge on any atom is 0.196 e. The van der Waals surface area contributed by atoms with Crippen LogP contribution in [0.1, 0.15) is 6.92 Å². The van der Waals surface area contributed by atoms with Gasteiger partial charge in [0.1, 0.15) is 11.5 Å². The summed E-state index contributed by atoms with van der Waals surface area (Å²) in [7, 11) is 0. The van der Waals surface area contributed by atoms with Gasteiger partial charge in [-0.3, -0.25) is 9.55 Å². The van der Waals surface area contributed by atoms with Gasteiger partial charge in [-0.1, -0.05) is 35.5 Å². The fourth-order valence-corrected chi connectivity index (χ4v) is 3.95. The van der Waals surface area contributed by atoms with Crippen molar-refractivity contribution < 1.29 is 9.47 Å². The summed E-state index contributed by atoms with van der Waals surface area (Å²) in [5.74, 6) is 2.94. The van der Waals surface area contributed by atoms with E-state index in [0.717, 1.165) is 28.0 Å². The van der Waals surface area contributed by atoms with Gasteiger partial charge in [0.25, 0.3) is 0 Å². The number of nitrogens with zero attached hydrogens (tertiary/aromatic N) is 4. The molecule has 31 heavy (non-hydrogen) atoms. The number of hydrogen-bond donors (Lipinski definition) is 0. The minimum Gasteiger partial charge on any atom is -0.494 e. The van der Waals surface area contributed by atoms with Gasteiger partial charge >= 0.3 is 0 Å². The summed E-state index contributed by atoms with van der Waals surface area (Å²) < 4.78 is 13.4. The van der Waals surface area contributed by atoms with Crippen molar-refractivity contribution in [3.63, 3.8) is 0 Å². The molecule has 0 aliphatic rings. The quantitative estimate of drug-likeness (QED) is 0.245. The number of benzene rings is 2. The average molecular weight is 453 g/mol. The first-order chi connectivity index (χ1) is 15.3. The van der Waals surface area contributed by atoms with Gasteiger partial charge in [-0.05, 0) is 55.5 Å². The van der Waals surface area contributed by atoms with E-state index in [9.17, 15) is 0 Å². The molecule has 0 atom stereocenters. The van der Waals surface area contributed by atoms with Crippen LogP contribution in [0.25, 0.3) is 17.1 Å². The van der Waals surface area contributed by atoms with Crippen LogP contribution in [0.3, 0.4) is 0 Å². The minimum atomic E-state index is 0.495. The molecule has 8 heteroatoms. The third kappa shape index (κ3) is 5.18. The van der Waals surface area contributed by atoms with Crippen molar-refractivity contribution in [1.82, 2.24) is 19.7 Å². The Bertz CT molecular complexity index is 1120. The number of pyridine rings is 1. The smallest absolute Gasteiger partial charge is 0.196 e. The van der Waals surface area contributed by atoms with E-state index in [1.807, 2.05) is 72.2 Å². The monoisotopic (exact) mass is 452 g/mol. The third-order valence-corrected chi connectivity index (χ3v) is 5.59. The van der Waals surface area contributed by atoms with Gasteiger partial charge in [-0.2, -0.15) is 0 Å². The molecule has 0 amide bonds. The van der Waals surface area contributed by atoms with Crippen LogP contribution in [-0.4, -0.2) is 38.7 Å². The zero-order valence-corrected chi connectivity index (χ0v) is 18.5. The van der Waals surface area contributed by atoms with Gasteiger partial charge in [0.2, 0.25) is 0 Å². The summed E-state index contributed by atoms with van der Waals surface area (Å²) >= 11 is 7.73. The molecule has 0 bridgehead atoms. The molecule has 0 saturated carbocycles. The van der Waals surface area contributed by atoms with E-state index in [-0.39, 0.29) is 0 Å². The summed E-state index contributed by atoms with van der Waals surface area (Å²) in [5.41, 5.74) is 1.89. The number of para-hydroxylation sites is 1. The standard InChI is InChI=1S/C23H21ClN4O2S/c1-2-29-19-9-7-18(8-10-19)28-22(17-11-13-25-14-12-17)26-27-23(28)31-16-15-30-21-6-4-3-5-20(21)24/h3-14H,2,15-16H2,1H3. The first-order valence-corrected chi connectivity index (χ1v) is 11.2. The third-order valence-electron chi connectivity index (χ3n) is 4.39. The van der Waals surface area contributed by atoms with Crippen LogP contribution in [-0.2, 0) is 0 Å². The molecule has 0 spiro atoms. The van der Waals surface area contributed by atoms with E-state index < -0.39 is 0 Å². The predicted molar refractivity (Wildman–Crippen MR) is 123 cm³/mol. The molecule has 0 aliphatic heterocycles. The topological polar surface area (TPSA) is 62.1 Å². The maximum absolute atomic E-state index is 6.16. The summed E-state index contributed by atoms with van der Waals surface area (Å²) in [6.07, 6.45) is 3.49. The highest BCUT2D eigenvalue weighted by Crippen LogP contribution is 2.29. The molecular formula is C23H21ClN4O2S.